The van der Waals surface area contributed by atoms with E-state index in [1.54, 1.807) is 12.1 Å². The van der Waals surface area contributed by atoms with Crippen LogP contribution in [0.25, 0.3) is 0 Å². The van der Waals surface area contributed by atoms with Gasteiger partial charge in [-0.25, -0.2) is 0 Å². The Balaban J connectivity index is 1.34. The highest BCUT2D eigenvalue weighted by atomic mass is 79.9. The lowest BCUT2D eigenvalue weighted by molar-refractivity contribution is 0.0691. The molecule has 1 N–H and O–H groups in total. The Morgan fingerprint density at radius 2 is 1.86 bits per heavy atom. The van der Waals surface area contributed by atoms with Gasteiger partial charge in [-0.1, -0.05) is 22.0 Å². The smallest absolute Gasteiger partial charge is 0.254 e. The van der Waals surface area contributed by atoms with Crippen molar-refractivity contribution in [2.45, 2.75) is 37.8 Å². The third-order valence-electron chi connectivity index (χ3n) is 5.18. The van der Waals surface area contributed by atoms with E-state index in [1.807, 2.05) is 41.3 Å². The van der Waals surface area contributed by atoms with Gasteiger partial charge in [0.1, 0.15) is 12.4 Å². The fraction of sp³-hybridized carbons (Fsp3) is 0.364. The molecule has 2 fully saturated rings. The van der Waals surface area contributed by atoms with Crippen LogP contribution in [0.4, 0.5) is 0 Å². The maximum absolute atomic E-state index is 12.8. The highest BCUT2D eigenvalue weighted by molar-refractivity contribution is 9.10. The molecular weight excluding hydrogens is 420 g/mol. The molecule has 146 valence electrons. The predicted octanol–water partition coefficient (Wildman–Crippen LogP) is 4.02. The highest BCUT2D eigenvalue weighted by Gasteiger charge is 2.30. The number of amides is 2. The van der Waals surface area contributed by atoms with Gasteiger partial charge >= 0.3 is 0 Å². The van der Waals surface area contributed by atoms with E-state index in [2.05, 4.69) is 21.2 Å². The van der Waals surface area contributed by atoms with E-state index < -0.39 is 0 Å². The minimum atomic E-state index is -0.0318. The fourth-order valence-electron chi connectivity index (χ4n) is 3.46. The van der Waals surface area contributed by atoms with Crippen LogP contribution in [0.15, 0.2) is 53.0 Å². The van der Waals surface area contributed by atoms with Gasteiger partial charge in [0.15, 0.2) is 0 Å². The van der Waals surface area contributed by atoms with Gasteiger partial charge in [-0.05, 0) is 68.1 Å². The Labute approximate surface area is 173 Å². The molecule has 2 aromatic rings. The van der Waals surface area contributed by atoms with Gasteiger partial charge in [-0.2, -0.15) is 0 Å². The molecule has 2 aliphatic rings. The lowest BCUT2D eigenvalue weighted by Crippen LogP contribution is -2.39. The zero-order valence-electron chi connectivity index (χ0n) is 15.6. The zero-order valence-corrected chi connectivity index (χ0v) is 17.2. The predicted molar refractivity (Wildman–Crippen MR) is 111 cm³/mol. The van der Waals surface area contributed by atoms with E-state index in [4.69, 9.17) is 4.74 Å². The molecule has 1 aliphatic carbocycles. The van der Waals surface area contributed by atoms with E-state index in [1.165, 1.54) is 0 Å². The third kappa shape index (κ3) is 4.55. The molecule has 0 spiro atoms. The van der Waals surface area contributed by atoms with Crippen molar-refractivity contribution in [3.8, 4) is 5.75 Å². The van der Waals surface area contributed by atoms with Gasteiger partial charge < -0.3 is 15.0 Å². The van der Waals surface area contributed by atoms with Gasteiger partial charge in [-0.15, -0.1) is 0 Å². The second kappa shape index (κ2) is 8.35. The summed E-state index contributed by atoms with van der Waals surface area (Å²) in [5, 5.41) is 2.98. The summed E-state index contributed by atoms with van der Waals surface area (Å²) in [6.07, 6.45) is 4.06. The number of benzene rings is 2. The lowest BCUT2D eigenvalue weighted by Gasteiger charge is -2.25. The van der Waals surface area contributed by atoms with Crippen LogP contribution in [0.1, 0.15) is 46.4 Å². The average molecular weight is 443 g/mol. The summed E-state index contributed by atoms with van der Waals surface area (Å²) < 4.78 is 6.82. The van der Waals surface area contributed by atoms with Crippen LogP contribution in [0.2, 0.25) is 0 Å². The number of ether oxygens (including phenoxy) is 1. The molecule has 1 aliphatic heterocycles. The van der Waals surface area contributed by atoms with Crippen molar-refractivity contribution >= 4 is 27.7 Å². The number of likely N-dealkylation sites (tertiary alicyclic amines) is 1. The third-order valence-corrected chi connectivity index (χ3v) is 5.67. The maximum atomic E-state index is 12.8. The summed E-state index contributed by atoms with van der Waals surface area (Å²) >= 11 is 3.42. The SMILES string of the molecule is O=C(NC1CC1)c1ccc(OCC2CCCN2C(=O)c2cccc(Br)c2)cc1. The van der Waals surface area contributed by atoms with E-state index in [-0.39, 0.29) is 17.9 Å². The van der Waals surface area contributed by atoms with Crippen LogP contribution in [0.3, 0.4) is 0 Å². The molecular formula is C22H23BrN2O3. The Bertz CT molecular complexity index is 864. The molecule has 1 saturated heterocycles. The number of hydrogen-bond donors (Lipinski definition) is 1. The van der Waals surface area contributed by atoms with Gasteiger partial charge in [-0.3, -0.25) is 9.59 Å². The van der Waals surface area contributed by atoms with Gasteiger partial charge in [0, 0.05) is 28.2 Å². The number of nitrogens with zero attached hydrogens (tertiary/aromatic N) is 1. The van der Waals surface area contributed by atoms with Crippen LogP contribution in [-0.2, 0) is 0 Å². The number of hydrogen-bond acceptors (Lipinski definition) is 3. The molecule has 1 saturated carbocycles. The quantitative estimate of drug-likeness (QED) is 0.734. The van der Waals surface area contributed by atoms with Crippen molar-refractivity contribution in [1.82, 2.24) is 10.2 Å². The molecule has 0 aromatic heterocycles. The van der Waals surface area contributed by atoms with E-state index >= 15 is 0 Å². The van der Waals surface area contributed by atoms with Crippen LogP contribution < -0.4 is 10.1 Å². The summed E-state index contributed by atoms with van der Waals surface area (Å²) in [7, 11) is 0. The summed E-state index contributed by atoms with van der Waals surface area (Å²) in [5.74, 6) is 0.722. The minimum Gasteiger partial charge on any atom is -0.491 e. The Kier molecular flexibility index (Phi) is 5.67. The molecule has 1 heterocycles. The summed E-state index contributed by atoms with van der Waals surface area (Å²) in [4.78, 5) is 26.8. The van der Waals surface area contributed by atoms with Gasteiger partial charge in [0.2, 0.25) is 0 Å². The first-order chi connectivity index (χ1) is 13.6. The van der Waals surface area contributed by atoms with Crippen LogP contribution in [0.5, 0.6) is 5.75 Å². The normalized spacial score (nSPS) is 18.8. The Morgan fingerprint density at radius 1 is 1.07 bits per heavy atom. The van der Waals surface area contributed by atoms with E-state index in [0.29, 0.717) is 29.5 Å². The number of carbonyl (C=O) groups is 2. The molecule has 1 unspecified atom stereocenters. The van der Waals surface area contributed by atoms with E-state index in [9.17, 15) is 9.59 Å². The average Bonchev–Trinajstić information content (AvgIpc) is 3.39. The number of rotatable bonds is 6. The van der Waals surface area contributed by atoms with Gasteiger partial charge in [0.25, 0.3) is 11.8 Å². The van der Waals surface area contributed by atoms with Crippen molar-refractivity contribution in [3.05, 3.63) is 64.1 Å². The number of carbonyl (C=O) groups excluding carboxylic acids is 2. The zero-order chi connectivity index (χ0) is 19.5. The van der Waals surface area contributed by atoms with Crippen LogP contribution in [-0.4, -0.2) is 41.9 Å². The topological polar surface area (TPSA) is 58.6 Å². The Morgan fingerprint density at radius 3 is 2.57 bits per heavy atom. The molecule has 1 atom stereocenters. The molecule has 0 bridgehead atoms. The van der Waals surface area contributed by atoms with Crippen molar-refractivity contribution in [1.29, 1.82) is 0 Å². The monoisotopic (exact) mass is 442 g/mol. The number of halogens is 1. The summed E-state index contributed by atoms with van der Waals surface area (Å²) in [6, 6.07) is 15.1. The Hall–Kier alpha value is -2.34. The van der Waals surface area contributed by atoms with Gasteiger partial charge in [0.05, 0.1) is 6.04 Å². The summed E-state index contributed by atoms with van der Waals surface area (Å²) in [6.45, 7) is 1.20. The molecule has 0 radical (unpaired) electrons. The lowest BCUT2D eigenvalue weighted by atomic mass is 10.1. The maximum Gasteiger partial charge on any atom is 0.254 e. The van der Waals surface area contributed by atoms with Crippen LogP contribution in [0, 0.1) is 0 Å². The van der Waals surface area contributed by atoms with Crippen molar-refractivity contribution in [2.24, 2.45) is 0 Å². The molecule has 28 heavy (non-hydrogen) atoms. The molecule has 5 nitrogen and oxygen atoms in total. The first-order valence-electron chi connectivity index (χ1n) is 9.70. The molecule has 4 rings (SSSR count). The first-order valence-corrected chi connectivity index (χ1v) is 10.5. The molecule has 6 heteroatoms. The van der Waals surface area contributed by atoms with Crippen molar-refractivity contribution in [3.63, 3.8) is 0 Å². The minimum absolute atomic E-state index is 0.0318. The number of nitrogens with one attached hydrogen (secondary N) is 1. The second-order valence-electron chi connectivity index (χ2n) is 7.39. The molecule has 2 aromatic carbocycles. The van der Waals surface area contributed by atoms with E-state index in [0.717, 1.165) is 36.7 Å². The van der Waals surface area contributed by atoms with Crippen molar-refractivity contribution < 1.29 is 14.3 Å². The fourth-order valence-corrected chi connectivity index (χ4v) is 3.85. The second-order valence-corrected chi connectivity index (χ2v) is 8.30. The van der Waals surface area contributed by atoms with Crippen molar-refractivity contribution in [2.75, 3.05) is 13.2 Å². The molecule has 2 amide bonds. The largest absolute Gasteiger partial charge is 0.491 e. The van der Waals surface area contributed by atoms with Crippen LogP contribution >= 0.6 is 15.9 Å². The highest BCUT2D eigenvalue weighted by Crippen LogP contribution is 2.23. The first kappa shape index (κ1) is 19.0. The standard InChI is InChI=1S/C22H23BrN2O3/c23-17-4-1-3-16(13-17)22(27)25-12-2-5-19(25)14-28-20-10-6-15(7-11-20)21(26)24-18-8-9-18/h1,3-4,6-7,10-11,13,18-19H,2,5,8-9,12,14H2,(H,24,26). The summed E-state index contributed by atoms with van der Waals surface area (Å²) in [5.41, 5.74) is 1.33.